The fourth-order valence-corrected chi connectivity index (χ4v) is 3.64. The molecule has 0 unspecified atom stereocenters. The van der Waals surface area contributed by atoms with Gasteiger partial charge in [-0.05, 0) is 47.5 Å². The predicted octanol–water partition coefficient (Wildman–Crippen LogP) is 4.64. The summed E-state index contributed by atoms with van der Waals surface area (Å²) in [4.78, 5) is 21.4. The van der Waals surface area contributed by atoms with Crippen molar-refractivity contribution >= 4 is 17.1 Å². The Morgan fingerprint density at radius 3 is 2.57 bits per heavy atom. The van der Waals surface area contributed by atoms with Gasteiger partial charge in [0.15, 0.2) is 5.65 Å². The van der Waals surface area contributed by atoms with Gasteiger partial charge in [0, 0.05) is 25.6 Å². The predicted molar refractivity (Wildman–Crippen MR) is 123 cm³/mol. The number of imidazole rings is 1. The molecule has 0 radical (unpaired) electrons. The van der Waals surface area contributed by atoms with Crippen LogP contribution in [0.4, 0.5) is 13.2 Å². The van der Waals surface area contributed by atoms with Crippen LogP contribution < -0.4 is 14.8 Å². The normalized spacial score (nSPS) is 11.4. The number of amides is 1. The third-order valence-corrected chi connectivity index (χ3v) is 5.28. The smallest absolute Gasteiger partial charge is 0.497 e. The minimum absolute atomic E-state index is 0.145. The lowest BCUT2D eigenvalue weighted by atomic mass is 10.2. The molecular formula is C25H23F3N4O3. The Balaban J connectivity index is 1.45. The van der Waals surface area contributed by atoms with Crippen molar-refractivity contribution < 1.29 is 27.4 Å². The Kier molecular flexibility index (Phi) is 7.19. The number of nitrogens with zero attached hydrogens (tertiary/aromatic N) is 3. The molecule has 2 aromatic carbocycles. The Hall–Kier alpha value is -4.08. The molecule has 1 N–H and O–H groups in total. The first-order chi connectivity index (χ1) is 16.8. The van der Waals surface area contributed by atoms with Gasteiger partial charge in [-0.2, -0.15) is 0 Å². The molecule has 10 heteroatoms. The van der Waals surface area contributed by atoms with Crippen molar-refractivity contribution in [2.45, 2.75) is 32.3 Å². The van der Waals surface area contributed by atoms with Gasteiger partial charge in [0.25, 0.3) is 0 Å². The Bertz CT molecular complexity index is 1300. The van der Waals surface area contributed by atoms with Gasteiger partial charge in [0.05, 0.1) is 13.7 Å². The molecule has 0 bridgehead atoms. The van der Waals surface area contributed by atoms with E-state index >= 15 is 0 Å². The van der Waals surface area contributed by atoms with Crippen LogP contribution in [-0.4, -0.2) is 33.9 Å². The zero-order valence-electron chi connectivity index (χ0n) is 18.9. The highest BCUT2D eigenvalue weighted by molar-refractivity contribution is 5.76. The summed E-state index contributed by atoms with van der Waals surface area (Å²) in [6.45, 7) is 0.609. The van der Waals surface area contributed by atoms with Crippen LogP contribution in [0.15, 0.2) is 66.9 Å². The molecular weight excluding hydrogens is 461 g/mol. The van der Waals surface area contributed by atoms with E-state index in [-0.39, 0.29) is 24.6 Å². The van der Waals surface area contributed by atoms with Crippen molar-refractivity contribution in [1.82, 2.24) is 19.9 Å². The molecule has 0 aliphatic heterocycles. The molecule has 0 saturated carbocycles. The number of hydrogen-bond acceptors (Lipinski definition) is 5. The van der Waals surface area contributed by atoms with Crippen LogP contribution in [-0.2, 0) is 24.3 Å². The van der Waals surface area contributed by atoms with Crippen LogP contribution in [0.1, 0.15) is 23.4 Å². The number of carbonyl (C=O) groups excluding carboxylic acids is 1. The quantitative estimate of drug-likeness (QED) is 0.375. The van der Waals surface area contributed by atoms with Gasteiger partial charge in [-0.25, -0.2) is 9.97 Å². The SMILES string of the molecule is COc1ccc(CNC(=O)CCc2nc3cccnc3n2Cc2cccc(OC(F)(F)F)c2)cc1. The van der Waals surface area contributed by atoms with E-state index in [1.54, 1.807) is 36.1 Å². The van der Waals surface area contributed by atoms with Gasteiger partial charge in [-0.3, -0.25) is 4.79 Å². The lowest BCUT2D eigenvalue weighted by Crippen LogP contribution is -2.23. The maximum Gasteiger partial charge on any atom is 0.573 e. The summed E-state index contributed by atoms with van der Waals surface area (Å²) in [5.41, 5.74) is 2.76. The second kappa shape index (κ2) is 10.5. The average Bonchev–Trinajstić information content (AvgIpc) is 3.18. The van der Waals surface area contributed by atoms with E-state index in [1.807, 2.05) is 24.3 Å². The van der Waals surface area contributed by atoms with Gasteiger partial charge in [-0.15, -0.1) is 13.2 Å². The number of fused-ring (bicyclic) bond motifs is 1. The molecule has 0 fully saturated rings. The molecule has 2 heterocycles. The van der Waals surface area contributed by atoms with Crippen LogP contribution in [0.3, 0.4) is 0 Å². The van der Waals surface area contributed by atoms with Crippen molar-refractivity contribution in [3.63, 3.8) is 0 Å². The Morgan fingerprint density at radius 1 is 1.03 bits per heavy atom. The topological polar surface area (TPSA) is 78.3 Å². The zero-order valence-corrected chi connectivity index (χ0v) is 18.9. The van der Waals surface area contributed by atoms with Crippen molar-refractivity contribution in [1.29, 1.82) is 0 Å². The highest BCUT2D eigenvalue weighted by Gasteiger charge is 2.31. The van der Waals surface area contributed by atoms with E-state index in [0.29, 0.717) is 35.5 Å². The summed E-state index contributed by atoms with van der Waals surface area (Å²) < 4.78 is 48.8. The number of alkyl halides is 3. The molecule has 0 atom stereocenters. The van der Waals surface area contributed by atoms with Crippen LogP contribution in [0.25, 0.3) is 11.2 Å². The van der Waals surface area contributed by atoms with E-state index in [4.69, 9.17) is 4.74 Å². The number of pyridine rings is 1. The minimum Gasteiger partial charge on any atom is -0.497 e. The number of methoxy groups -OCH3 is 1. The summed E-state index contributed by atoms with van der Waals surface area (Å²) in [5.74, 6) is 0.906. The highest BCUT2D eigenvalue weighted by Crippen LogP contribution is 2.25. The standard InChI is InChI=1S/C25H23F3N4O3/c1-34-19-9-7-17(8-10-19)15-30-23(33)12-11-22-31-21-6-3-13-29-24(21)32(22)16-18-4-2-5-20(14-18)35-25(26,27)28/h2-10,13-14H,11-12,15-16H2,1H3,(H,30,33). The lowest BCUT2D eigenvalue weighted by Gasteiger charge is -2.12. The largest absolute Gasteiger partial charge is 0.573 e. The molecule has 4 rings (SSSR count). The number of aryl methyl sites for hydroxylation is 1. The van der Waals surface area contributed by atoms with E-state index < -0.39 is 6.36 Å². The number of hydrogen-bond donors (Lipinski definition) is 1. The number of nitrogens with one attached hydrogen (secondary N) is 1. The molecule has 1 amide bonds. The summed E-state index contributed by atoms with van der Waals surface area (Å²) in [6, 6.07) is 16.7. The fraction of sp³-hybridized carbons (Fsp3) is 0.240. The van der Waals surface area contributed by atoms with Crippen molar-refractivity contribution in [2.24, 2.45) is 0 Å². The van der Waals surface area contributed by atoms with Crippen LogP contribution in [0, 0.1) is 0 Å². The number of halogens is 3. The van der Waals surface area contributed by atoms with Crippen molar-refractivity contribution in [3.05, 3.63) is 83.8 Å². The third-order valence-electron chi connectivity index (χ3n) is 5.28. The number of carbonyl (C=O) groups is 1. The molecule has 4 aromatic rings. The molecule has 2 aromatic heterocycles. The zero-order chi connectivity index (χ0) is 24.8. The maximum atomic E-state index is 12.6. The summed E-state index contributed by atoms with van der Waals surface area (Å²) >= 11 is 0. The number of ether oxygens (including phenoxy) is 2. The van der Waals surface area contributed by atoms with Gasteiger partial charge in [0.2, 0.25) is 5.91 Å². The minimum atomic E-state index is -4.77. The first-order valence-corrected chi connectivity index (χ1v) is 10.8. The number of aromatic nitrogens is 3. The monoisotopic (exact) mass is 484 g/mol. The van der Waals surface area contributed by atoms with Crippen molar-refractivity contribution in [3.8, 4) is 11.5 Å². The highest BCUT2D eigenvalue weighted by atomic mass is 19.4. The van der Waals surface area contributed by atoms with Gasteiger partial charge >= 0.3 is 6.36 Å². The Labute approximate surface area is 199 Å². The van der Waals surface area contributed by atoms with Gasteiger partial charge in [-0.1, -0.05) is 24.3 Å². The molecule has 0 spiro atoms. The lowest BCUT2D eigenvalue weighted by molar-refractivity contribution is -0.274. The molecule has 0 aliphatic carbocycles. The fourth-order valence-electron chi connectivity index (χ4n) is 3.64. The van der Waals surface area contributed by atoms with E-state index in [9.17, 15) is 18.0 Å². The number of rotatable bonds is 9. The number of benzene rings is 2. The van der Waals surface area contributed by atoms with Crippen LogP contribution in [0.5, 0.6) is 11.5 Å². The second-order valence-electron chi connectivity index (χ2n) is 7.78. The van der Waals surface area contributed by atoms with Gasteiger partial charge < -0.3 is 19.4 Å². The molecule has 182 valence electrons. The molecule has 7 nitrogen and oxygen atoms in total. The summed E-state index contributed by atoms with van der Waals surface area (Å²) in [7, 11) is 1.59. The Morgan fingerprint density at radius 2 is 1.83 bits per heavy atom. The summed E-state index contributed by atoms with van der Waals surface area (Å²) in [6.07, 6.45) is -2.62. The van der Waals surface area contributed by atoms with Crippen LogP contribution in [0.2, 0.25) is 0 Å². The van der Waals surface area contributed by atoms with Crippen molar-refractivity contribution in [2.75, 3.05) is 7.11 Å². The van der Waals surface area contributed by atoms with E-state index in [0.717, 1.165) is 11.3 Å². The molecule has 0 aliphatic rings. The second-order valence-corrected chi connectivity index (χ2v) is 7.78. The molecule has 0 saturated heterocycles. The third kappa shape index (κ3) is 6.50. The van der Waals surface area contributed by atoms with Gasteiger partial charge in [0.1, 0.15) is 22.8 Å². The summed E-state index contributed by atoms with van der Waals surface area (Å²) in [5, 5.41) is 2.88. The molecule has 35 heavy (non-hydrogen) atoms. The average molecular weight is 484 g/mol. The first kappa shape index (κ1) is 24.1. The van der Waals surface area contributed by atoms with E-state index in [1.165, 1.54) is 18.2 Å². The maximum absolute atomic E-state index is 12.6. The van der Waals surface area contributed by atoms with E-state index in [2.05, 4.69) is 20.0 Å². The first-order valence-electron chi connectivity index (χ1n) is 10.8. The van der Waals surface area contributed by atoms with Crippen LogP contribution >= 0.6 is 0 Å².